The van der Waals surface area contributed by atoms with Gasteiger partial charge in [0, 0.05) is 48.5 Å². The normalized spacial score (nSPS) is 22.5. The lowest BCUT2D eigenvalue weighted by atomic mass is 9.83. The van der Waals surface area contributed by atoms with E-state index < -0.39 is 12.2 Å². The first kappa shape index (κ1) is 29.7. The van der Waals surface area contributed by atoms with E-state index in [0.717, 1.165) is 55.4 Å². The summed E-state index contributed by atoms with van der Waals surface area (Å²) < 4.78 is 0. The number of carbonyl (C=O) groups is 2. The number of nitrogens with zero attached hydrogens (tertiary/aromatic N) is 4. The second-order valence-electron chi connectivity index (χ2n) is 12.7. The lowest BCUT2D eigenvalue weighted by Crippen LogP contribution is -2.49. The summed E-state index contributed by atoms with van der Waals surface area (Å²) in [6.07, 6.45) is 12.1. The van der Waals surface area contributed by atoms with Crippen molar-refractivity contribution in [2.45, 2.75) is 89.8 Å². The molecule has 1 atom stereocenters. The van der Waals surface area contributed by atoms with Crippen LogP contribution >= 0.6 is 0 Å². The van der Waals surface area contributed by atoms with Gasteiger partial charge in [-0.3, -0.25) is 9.79 Å². The third kappa shape index (κ3) is 6.90. The number of likely N-dealkylation sites (tertiary alicyclic amines) is 1. The Balaban J connectivity index is 1.12. The summed E-state index contributed by atoms with van der Waals surface area (Å²) in [5, 5.41) is 5.88. The topological polar surface area (TPSA) is 80.3 Å². The van der Waals surface area contributed by atoms with Crippen LogP contribution in [0.25, 0.3) is 0 Å². The SMILES string of the molecule is CCCN1C(=O)C(NC(=O)Nc2ccc(N3CCC(N4CCCCC4)CC3)cc2)N=C(C2CCCCC2)c2ccccc21. The second kappa shape index (κ2) is 13.9. The predicted molar refractivity (Wildman–Crippen MR) is 175 cm³/mol. The van der Waals surface area contributed by atoms with Gasteiger partial charge in [0.05, 0.1) is 11.4 Å². The molecule has 3 amide bonds. The van der Waals surface area contributed by atoms with Gasteiger partial charge in [-0.25, -0.2) is 4.79 Å². The average Bonchev–Trinajstić information content (AvgIpc) is 3.17. The van der Waals surface area contributed by atoms with Crippen molar-refractivity contribution >= 4 is 34.7 Å². The highest BCUT2D eigenvalue weighted by atomic mass is 16.2. The van der Waals surface area contributed by atoms with Gasteiger partial charge in [0.15, 0.2) is 0 Å². The fraction of sp³-hybridized carbons (Fsp3) is 0.571. The number of anilines is 3. The zero-order valence-electron chi connectivity index (χ0n) is 25.8. The van der Waals surface area contributed by atoms with Gasteiger partial charge in [-0.05, 0) is 88.4 Å². The number of hydrogen-bond donors (Lipinski definition) is 2. The first-order valence-corrected chi connectivity index (χ1v) is 16.8. The summed E-state index contributed by atoms with van der Waals surface area (Å²) >= 11 is 0. The maximum atomic E-state index is 13.8. The van der Waals surface area contributed by atoms with Gasteiger partial charge in [-0.15, -0.1) is 0 Å². The van der Waals surface area contributed by atoms with Crippen molar-refractivity contribution in [2.24, 2.45) is 10.9 Å². The van der Waals surface area contributed by atoms with Gasteiger partial charge >= 0.3 is 6.03 Å². The van der Waals surface area contributed by atoms with E-state index in [1.54, 1.807) is 0 Å². The molecular weight excluding hydrogens is 536 g/mol. The number of aliphatic imine (C=N–C) groups is 1. The van der Waals surface area contributed by atoms with E-state index in [0.29, 0.717) is 18.2 Å². The molecular formula is C35H48N6O2. The second-order valence-corrected chi connectivity index (χ2v) is 12.7. The first-order valence-electron chi connectivity index (χ1n) is 16.8. The van der Waals surface area contributed by atoms with Crippen molar-refractivity contribution in [3.05, 3.63) is 54.1 Å². The maximum absolute atomic E-state index is 13.8. The third-order valence-corrected chi connectivity index (χ3v) is 9.81. The van der Waals surface area contributed by atoms with Crippen molar-refractivity contribution < 1.29 is 9.59 Å². The molecule has 43 heavy (non-hydrogen) atoms. The molecule has 2 aromatic carbocycles. The van der Waals surface area contributed by atoms with Crippen LogP contribution in [-0.4, -0.2) is 67.5 Å². The van der Waals surface area contributed by atoms with E-state index in [2.05, 4.69) is 45.6 Å². The average molecular weight is 585 g/mol. The number of para-hydroxylation sites is 1. The molecule has 2 aromatic rings. The highest BCUT2D eigenvalue weighted by molar-refractivity contribution is 6.14. The highest BCUT2D eigenvalue weighted by Crippen LogP contribution is 2.34. The minimum Gasteiger partial charge on any atom is -0.371 e. The molecule has 1 aliphatic carbocycles. The number of piperidine rings is 2. The van der Waals surface area contributed by atoms with E-state index in [1.165, 1.54) is 70.1 Å². The van der Waals surface area contributed by atoms with E-state index in [-0.39, 0.29) is 5.91 Å². The number of fused-ring (bicyclic) bond motifs is 1. The van der Waals surface area contributed by atoms with Crippen LogP contribution in [0.2, 0.25) is 0 Å². The number of benzodiazepines with no additional fused rings is 1. The van der Waals surface area contributed by atoms with E-state index >= 15 is 0 Å². The molecule has 6 rings (SSSR count). The van der Waals surface area contributed by atoms with Crippen LogP contribution in [0.15, 0.2) is 53.5 Å². The van der Waals surface area contributed by atoms with Gasteiger partial charge in [0.1, 0.15) is 0 Å². The molecule has 2 saturated heterocycles. The molecule has 8 nitrogen and oxygen atoms in total. The zero-order valence-corrected chi connectivity index (χ0v) is 25.8. The standard InChI is InChI=1S/C35H48N6O2/c1-2-21-41-31-14-8-7-13-30(31)32(26-11-5-3-6-12-26)37-33(34(41)42)38-35(43)36-27-15-17-28(18-16-27)40-24-19-29(20-25-40)39-22-9-4-10-23-39/h7-8,13-18,26,29,33H,2-6,9-12,19-25H2,1H3,(H2,36,38,43). The minimum atomic E-state index is -0.962. The molecule has 0 spiro atoms. The Morgan fingerprint density at radius 2 is 1.56 bits per heavy atom. The summed E-state index contributed by atoms with van der Waals surface area (Å²) in [5.74, 6) is 0.118. The molecule has 0 bridgehead atoms. The van der Waals surface area contributed by atoms with Crippen molar-refractivity contribution in [3.8, 4) is 0 Å². The van der Waals surface area contributed by atoms with E-state index in [1.807, 2.05) is 35.2 Å². The van der Waals surface area contributed by atoms with Crippen LogP contribution < -0.4 is 20.4 Å². The summed E-state index contributed by atoms with van der Waals surface area (Å²) in [6, 6.07) is 16.5. The number of amides is 3. The summed E-state index contributed by atoms with van der Waals surface area (Å²) in [7, 11) is 0. The van der Waals surface area contributed by atoms with Crippen LogP contribution in [0.5, 0.6) is 0 Å². The van der Waals surface area contributed by atoms with Crippen LogP contribution in [0.4, 0.5) is 21.9 Å². The van der Waals surface area contributed by atoms with Gasteiger partial charge in [0.2, 0.25) is 6.17 Å². The summed E-state index contributed by atoms with van der Waals surface area (Å²) in [4.78, 5) is 39.0. The van der Waals surface area contributed by atoms with Crippen molar-refractivity contribution in [2.75, 3.05) is 47.8 Å². The highest BCUT2D eigenvalue weighted by Gasteiger charge is 2.35. The minimum absolute atomic E-state index is 0.182. The van der Waals surface area contributed by atoms with Gasteiger partial charge in [-0.2, -0.15) is 0 Å². The van der Waals surface area contributed by atoms with E-state index in [9.17, 15) is 9.59 Å². The van der Waals surface area contributed by atoms with Gasteiger partial charge in [-0.1, -0.05) is 50.8 Å². The number of benzene rings is 2. The van der Waals surface area contributed by atoms with Crippen molar-refractivity contribution in [3.63, 3.8) is 0 Å². The van der Waals surface area contributed by atoms with Crippen LogP contribution in [0.1, 0.15) is 83.1 Å². The molecule has 0 aromatic heterocycles. The van der Waals surface area contributed by atoms with Crippen molar-refractivity contribution in [1.29, 1.82) is 0 Å². The quantitative estimate of drug-likeness (QED) is 0.394. The number of nitrogens with one attached hydrogen (secondary N) is 2. The fourth-order valence-corrected chi connectivity index (χ4v) is 7.53. The maximum Gasteiger partial charge on any atom is 0.321 e. The third-order valence-electron chi connectivity index (χ3n) is 9.81. The van der Waals surface area contributed by atoms with Crippen LogP contribution in [0.3, 0.4) is 0 Å². The Hall–Kier alpha value is -3.39. The molecule has 3 fully saturated rings. The molecule has 3 aliphatic heterocycles. The lowest BCUT2D eigenvalue weighted by Gasteiger charge is -2.41. The Morgan fingerprint density at radius 3 is 2.28 bits per heavy atom. The van der Waals surface area contributed by atoms with Gasteiger partial charge < -0.3 is 25.3 Å². The summed E-state index contributed by atoms with van der Waals surface area (Å²) in [5.41, 5.74) is 4.78. The zero-order chi connectivity index (χ0) is 29.6. The first-order chi connectivity index (χ1) is 21.1. The Bertz CT molecular complexity index is 1270. The molecule has 4 aliphatic rings. The molecule has 2 N–H and O–H groups in total. The molecule has 0 radical (unpaired) electrons. The smallest absolute Gasteiger partial charge is 0.321 e. The molecule has 3 heterocycles. The molecule has 1 saturated carbocycles. The predicted octanol–water partition coefficient (Wildman–Crippen LogP) is 6.42. The Labute approximate surface area is 256 Å². The van der Waals surface area contributed by atoms with Crippen LogP contribution in [0, 0.1) is 5.92 Å². The van der Waals surface area contributed by atoms with E-state index in [4.69, 9.17) is 4.99 Å². The van der Waals surface area contributed by atoms with Gasteiger partial charge in [0.25, 0.3) is 5.91 Å². The Kier molecular flexibility index (Phi) is 9.61. The Morgan fingerprint density at radius 1 is 0.860 bits per heavy atom. The summed E-state index contributed by atoms with van der Waals surface area (Å²) in [6.45, 7) is 7.30. The largest absolute Gasteiger partial charge is 0.371 e. The van der Waals surface area contributed by atoms with Crippen molar-refractivity contribution in [1.82, 2.24) is 10.2 Å². The molecule has 230 valence electrons. The number of urea groups is 1. The lowest BCUT2D eigenvalue weighted by molar-refractivity contribution is -0.120. The fourth-order valence-electron chi connectivity index (χ4n) is 7.53. The molecule has 8 heteroatoms. The molecule has 1 unspecified atom stereocenters. The monoisotopic (exact) mass is 584 g/mol. The number of hydrogen-bond acceptors (Lipinski definition) is 5. The van der Waals surface area contributed by atoms with Crippen LogP contribution in [-0.2, 0) is 4.79 Å². The number of carbonyl (C=O) groups excluding carboxylic acids is 2. The number of rotatable bonds is 7.